The first-order valence-corrected chi connectivity index (χ1v) is 7.33. The van der Waals surface area contributed by atoms with Crippen LogP contribution in [0.25, 0.3) is 0 Å². The Morgan fingerprint density at radius 1 is 1.14 bits per heavy atom. The Balaban J connectivity index is 1.99. The molecular formula is C12H22P2. The van der Waals surface area contributed by atoms with Crippen molar-refractivity contribution in [1.82, 2.24) is 0 Å². The van der Waals surface area contributed by atoms with Crippen LogP contribution in [0.1, 0.15) is 51.9 Å². The third-order valence-electron chi connectivity index (χ3n) is 2.72. The van der Waals surface area contributed by atoms with E-state index in [2.05, 4.69) is 34.1 Å². The molecule has 0 nitrogen and oxygen atoms in total. The predicted octanol–water partition coefficient (Wildman–Crippen LogP) is 4.63. The molecule has 0 amide bonds. The molecule has 1 rings (SSSR count). The smallest absolute Gasteiger partial charge is 0.0444 e. The van der Waals surface area contributed by atoms with Crippen molar-refractivity contribution in [2.45, 2.75) is 56.8 Å². The van der Waals surface area contributed by atoms with Gasteiger partial charge in [0.15, 0.2) is 0 Å². The molecular weight excluding hydrogens is 206 g/mol. The minimum atomic E-state index is 0.394. The van der Waals surface area contributed by atoms with Gasteiger partial charge in [0.2, 0.25) is 0 Å². The van der Waals surface area contributed by atoms with E-state index in [4.69, 9.17) is 0 Å². The van der Waals surface area contributed by atoms with E-state index in [0.717, 1.165) is 0 Å². The summed E-state index contributed by atoms with van der Waals surface area (Å²) in [6.07, 6.45) is 14.3. The first-order chi connectivity index (χ1) is 6.77. The van der Waals surface area contributed by atoms with Crippen LogP contribution in [-0.2, 0) is 0 Å². The molecule has 0 N–H and O–H groups in total. The van der Waals surface area contributed by atoms with Crippen LogP contribution in [0.2, 0.25) is 0 Å². The van der Waals surface area contributed by atoms with Crippen molar-refractivity contribution in [2.75, 3.05) is 0 Å². The monoisotopic (exact) mass is 228 g/mol. The van der Waals surface area contributed by atoms with Gasteiger partial charge in [-0.1, -0.05) is 65.8 Å². The lowest BCUT2D eigenvalue weighted by Crippen LogP contribution is -2.05. The van der Waals surface area contributed by atoms with Crippen LogP contribution in [0.15, 0.2) is 12.2 Å². The topological polar surface area (TPSA) is 0 Å². The van der Waals surface area contributed by atoms with Crippen molar-refractivity contribution in [2.24, 2.45) is 0 Å². The van der Waals surface area contributed by atoms with Crippen LogP contribution in [0.5, 0.6) is 0 Å². The molecule has 1 heterocycles. The summed E-state index contributed by atoms with van der Waals surface area (Å²) in [5, 5.41) is 0. The molecule has 2 heteroatoms. The zero-order valence-electron chi connectivity index (χ0n) is 9.21. The van der Waals surface area contributed by atoms with Gasteiger partial charge in [0.1, 0.15) is 0 Å². The number of rotatable bonds is 7. The summed E-state index contributed by atoms with van der Waals surface area (Å²) in [6.45, 7) is 2.27. The minimum Gasteiger partial charge on any atom is -0.118 e. The van der Waals surface area contributed by atoms with Gasteiger partial charge in [-0.15, -0.1) is 9.24 Å². The van der Waals surface area contributed by atoms with Crippen molar-refractivity contribution < 1.29 is 0 Å². The third-order valence-corrected chi connectivity index (χ3v) is 4.82. The van der Waals surface area contributed by atoms with Crippen LogP contribution >= 0.6 is 17.4 Å². The van der Waals surface area contributed by atoms with Crippen LogP contribution < -0.4 is 0 Å². The lowest BCUT2D eigenvalue weighted by atomic mass is 10.1. The third kappa shape index (κ3) is 4.72. The molecule has 2 unspecified atom stereocenters. The fraction of sp³-hybridized carbons (Fsp3) is 0.750. The normalized spacial score (nSPS) is 25.9. The fourth-order valence-electron chi connectivity index (χ4n) is 1.77. The molecule has 0 spiro atoms. The standard InChI is InChI=1S/C12H22P2/c1-2-3-4-5-6-7-9-12(13)10-8-11-14-12/h8,10-11H,2-7,9,13H2,1H3. The largest absolute Gasteiger partial charge is 0.118 e. The fourth-order valence-corrected chi connectivity index (χ4v) is 3.25. The lowest BCUT2D eigenvalue weighted by molar-refractivity contribution is 0.588. The van der Waals surface area contributed by atoms with Crippen molar-refractivity contribution in [3.8, 4) is 0 Å². The van der Waals surface area contributed by atoms with E-state index in [9.17, 15) is 0 Å². The molecule has 0 aromatic rings. The first-order valence-electron chi connectivity index (χ1n) is 5.79. The maximum Gasteiger partial charge on any atom is 0.0444 e. The summed E-state index contributed by atoms with van der Waals surface area (Å²) in [5.41, 5.74) is 0. The van der Waals surface area contributed by atoms with Crippen LogP contribution in [-0.4, -0.2) is 10.7 Å². The molecule has 0 aliphatic carbocycles. The van der Waals surface area contributed by atoms with E-state index in [1.54, 1.807) is 0 Å². The first kappa shape index (κ1) is 12.4. The molecule has 0 aromatic heterocycles. The molecule has 0 radical (unpaired) electrons. The van der Waals surface area contributed by atoms with Gasteiger partial charge in [-0.25, -0.2) is 0 Å². The SMILES string of the molecule is CCCCCCCCC1(P)C=CC=P1. The van der Waals surface area contributed by atoms with Gasteiger partial charge in [0.25, 0.3) is 0 Å². The Bertz CT molecular complexity index is 194. The van der Waals surface area contributed by atoms with E-state index < -0.39 is 0 Å². The van der Waals surface area contributed by atoms with Gasteiger partial charge in [0, 0.05) is 4.90 Å². The molecule has 14 heavy (non-hydrogen) atoms. The molecule has 80 valence electrons. The van der Waals surface area contributed by atoms with Crippen LogP contribution in [0, 0.1) is 0 Å². The van der Waals surface area contributed by atoms with Gasteiger partial charge >= 0.3 is 0 Å². The minimum absolute atomic E-state index is 0.394. The molecule has 0 saturated heterocycles. The van der Waals surface area contributed by atoms with Gasteiger partial charge in [0.05, 0.1) is 0 Å². The van der Waals surface area contributed by atoms with Crippen LogP contribution in [0.4, 0.5) is 0 Å². The second-order valence-corrected chi connectivity index (χ2v) is 7.05. The molecule has 0 saturated carbocycles. The van der Waals surface area contributed by atoms with Gasteiger partial charge < -0.3 is 0 Å². The van der Waals surface area contributed by atoms with Crippen molar-refractivity contribution in [3.05, 3.63) is 12.2 Å². The van der Waals surface area contributed by atoms with E-state index in [0.29, 0.717) is 4.90 Å². The molecule has 0 bridgehead atoms. The highest BCUT2D eigenvalue weighted by Gasteiger charge is 2.19. The average molecular weight is 228 g/mol. The Morgan fingerprint density at radius 3 is 2.50 bits per heavy atom. The molecule has 2 atom stereocenters. The summed E-state index contributed by atoms with van der Waals surface area (Å²) in [7, 11) is 4.47. The Kier molecular flexibility index (Phi) is 5.99. The van der Waals surface area contributed by atoms with E-state index >= 15 is 0 Å². The van der Waals surface area contributed by atoms with Gasteiger partial charge in [-0.2, -0.15) is 0 Å². The highest BCUT2D eigenvalue weighted by atomic mass is 31.1. The number of unbranched alkanes of at least 4 members (excludes halogenated alkanes) is 5. The summed E-state index contributed by atoms with van der Waals surface area (Å²) >= 11 is 0. The van der Waals surface area contributed by atoms with E-state index in [1.165, 1.54) is 53.2 Å². The lowest BCUT2D eigenvalue weighted by Gasteiger charge is -2.17. The Morgan fingerprint density at radius 2 is 1.86 bits per heavy atom. The highest BCUT2D eigenvalue weighted by molar-refractivity contribution is 7.53. The van der Waals surface area contributed by atoms with E-state index in [-0.39, 0.29) is 0 Å². The quantitative estimate of drug-likeness (QED) is 0.440. The zero-order valence-corrected chi connectivity index (χ0v) is 11.3. The molecule has 1 aliphatic rings. The zero-order chi connectivity index (χ0) is 10.3. The molecule has 0 fully saturated rings. The van der Waals surface area contributed by atoms with Crippen molar-refractivity contribution in [3.63, 3.8) is 0 Å². The Labute approximate surface area is 92.6 Å². The average Bonchev–Trinajstić information content (AvgIpc) is 2.59. The van der Waals surface area contributed by atoms with Crippen LogP contribution in [0.3, 0.4) is 0 Å². The van der Waals surface area contributed by atoms with E-state index in [1.807, 2.05) is 0 Å². The maximum absolute atomic E-state index is 3.01. The number of allylic oxidation sites excluding steroid dienone is 2. The second kappa shape index (κ2) is 6.76. The Hall–Kier alpha value is 0.340. The summed E-state index contributed by atoms with van der Waals surface area (Å²) < 4.78 is 0. The molecule has 1 aliphatic heterocycles. The number of hydrogen-bond donors (Lipinski definition) is 0. The van der Waals surface area contributed by atoms with Gasteiger partial charge in [-0.05, 0) is 12.2 Å². The predicted molar refractivity (Wildman–Crippen MR) is 72.6 cm³/mol. The molecule has 0 aromatic carbocycles. The maximum atomic E-state index is 3.01. The highest BCUT2D eigenvalue weighted by Crippen LogP contribution is 2.40. The number of hydrogen-bond acceptors (Lipinski definition) is 0. The summed E-state index contributed by atoms with van der Waals surface area (Å²) in [5.74, 6) is 2.25. The van der Waals surface area contributed by atoms with Crippen molar-refractivity contribution >= 4 is 23.2 Å². The van der Waals surface area contributed by atoms with Crippen molar-refractivity contribution in [1.29, 1.82) is 0 Å². The second-order valence-electron chi connectivity index (χ2n) is 4.15. The van der Waals surface area contributed by atoms with Gasteiger partial charge in [-0.3, -0.25) is 0 Å². The summed E-state index contributed by atoms with van der Waals surface area (Å²) in [6, 6.07) is 0. The summed E-state index contributed by atoms with van der Waals surface area (Å²) in [4.78, 5) is 0.394.